The largest absolute Gasteiger partial charge is 0.460 e. The number of nitrogens with zero attached hydrogens (tertiary/aromatic N) is 2. The number of aryl methyl sites for hydroxylation is 2. The van der Waals surface area contributed by atoms with Gasteiger partial charge >= 0.3 is 11.9 Å². The smallest absolute Gasteiger partial charge is 0.374 e. The van der Waals surface area contributed by atoms with Gasteiger partial charge in [-0.25, -0.2) is 14.3 Å². The highest BCUT2D eigenvalue weighted by Crippen LogP contribution is 2.30. The monoisotopic (exact) mass is 462 g/mol. The van der Waals surface area contributed by atoms with E-state index in [-0.39, 0.29) is 24.5 Å². The highest BCUT2D eigenvalue weighted by Gasteiger charge is 2.25. The standard InChI is InChI=1S/C20H19BrN2O6/c1-5-27-20(26)17-14(13-8-12(21)6-7-15(13)29-17)9-28-19(25)16-10(2)11(3)22-23(4)18(16)24/h6-8H,5,9H2,1-4H3. The van der Waals surface area contributed by atoms with Gasteiger partial charge in [0.25, 0.3) is 5.56 Å². The van der Waals surface area contributed by atoms with E-state index >= 15 is 0 Å². The number of esters is 2. The van der Waals surface area contributed by atoms with Gasteiger partial charge in [-0.1, -0.05) is 15.9 Å². The molecule has 0 N–H and O–H groups in total. The molecule has 3 aromatic rings. The van der Waals surface area contributed by atoms with Crippen LogP contribution in [0.2, 0.25) is 0 Å². The zero-order valence-electron chi connectivity index (χ0n) is 16.4. The number of halogens is 1. The number of rotatable bonds is 5. The van der Waals surface area contributed by atoms with Crippen molar-refractivity contribution in [1.29, 1.82) is 0 Å². The Kier molecular flexibility index (Phi) is 5.88. The second kappa shape index (κ2) is 8.20. The number of hydrogen-bond donors (Lipinski definition) is 0. The third-order valence-corrected chi connectivity index (χ3v) is 4.98. The van der Waals surface area contributed by atoms with Crippen LogP contribution in [0.25, 0.3) is 11.0 Å². The summed E-state index contributed by atoms with van der Waals surface area (Å²) in [4.78, 5) is 37.3. The molecule has 29 heavy (non-hydrogen) atoms. The Hall–Kier alpha value is -2.94. The normalized spacial score (nSPS) is 10.9. The number of hydrogen-bond acceptors (Lipinski definition) is 7. The van der Waals surface area contributed by atoms with Crippen LogP contribution in [0.1, 0.15) is 44.7 Å². The van der Waals surface area contributed by atoms with Crippen molar-refractivity contribution in [3.63, 3.8) is 0 Å². The van der Waals surface area contributed by atoms with Crippen molar-refractivity contribution in [2.45, 2.75) is 27.4 Å². The number of furan rings is 1. The van der Waals surface area contributed by atoms with Crippen LogP contribution in [0.3, 0.4) is 0 Å². The average molecular weight is 463 g/mol. The van der Waals surface area contributed by atoms with Gasteiger partial charge in [0, 0.05) is 16.9 Å². The molecule has 0 amide bonds. The van der Waals surface area contributed by atoms with Crippen LogP contribution in [-0.2, 0) is 23.1 Å². The fraction of sp³-hybridized carbons (Fsp3) is 0.300. The molecule has 1 aromatic carbocycles. The van der Waals surface area contributed by atoms with Crippen molar-refractivity contribution >= 4 is 38.8 Å². The van der Waals surface area contributed by atoms with Gasteiger partial charge in [0.15, 0.2) is 0 Å². The fourth-order valence-corrected chi connectivity index (χ4v) is 3.29. The van der Waals surface area contributed by atoms with Gasteiger partial charge < -0.3 is 13.9 Å². The summed E-state index contributed by atoms with van der Waals surface area (Å²) >= 11 is 3.38. The summed E-state index contributed by atoms with van der Waals surface area (Å²) in [6, 6.07) is 5.22. The van der Waals surface area contributed by atoms with Crippen molar-refractivity contribution < 1.29 is 23.5 Å². The maximum absolute atomic E-state index is 12.7. The Labute approximate surface area is 174 Å². The SMILES string of the molecule is CCOC(=O)c1oc2ccc(Br)cc2c1COC(=O)c1c(C)c(C)nn(C)c1=O. The van der Waals surface area contributed by atoms with E-state index in [1.807, 2.05) is 0 Å². The molecule has 0 atom stereocenters. The Morgan fingerprint density at radius 1 is 1.21 bits per heavy atom. The van der Waals surface area contributed by atoms with Gasteiger partial charge in [0.05, 0.1) is 17.9 Å². The van der Waals surface area contributed by atoms with Crippen LogP contribution >= 0.6 is 15.9 Å². The average Bonchev–Trinajstić information content (AvgIpc) is 3.03. The number of fused-ring (bicyclic) bond motifs is 1. The molecule has 0 saturated carbocycles. The van der Waals surface area contributed by atoms with E-state index in [1.54, 1.807) is 39.0 Å². The number of benzene rings is 1. The molecule has 0 saturated heterocycles. The lowest BCUT2D eigenvalue weighted by Gasteiger charge is -2.10. The summed E-state index contributed by atoms with van der Waals surface area (Å²) in [5.74, 6) is -1.49. The van der Waals surface area contributed by atoms with Gasteiger partial charge in [-0.05, 0) is 44.5 Å². The third-order valence-electron chi connectivity index (χ3n) is 4.49. The molecule has 0 spiro atoms. The quantitative estimate of drug-likeness (QED) is 0.535. The van der Waals surface area contributed by atoms with Gasteiger partial charge in [-0.3, -0.25) is 4.79 Å². The molecule has 0 unspecified atom stereocenters. The number of aromatic nitrogens is 2. The van der Waals surface area contributed by atoms with E-state index in [2.05, 4.69) is 21.0 Å². The molecule has 9 heteroatoms. The van der Waals surface area contributed by atoms with Crippen LogP contribution in [0, 0.1) is 13.8 Å². The van der Waals surface area contributed by atoms with Gasteiger partial charge in [0.2, 0.25) is 5.76 Å². The Bertz CT molecular complexity index is 1180. The lowest BCUT2D eigenvalue weighted by Crippen LogP contribution is -2.29. The molecule has 8 nitrogen and oxygen atoms in total. The highest BCUT2D eigenvalue weighted by molar-refractivity contribution is 9.10. The molecule has 0 aliphatic carbocycles. The van der Waals surface area contributed by atoms with E-state index in [0.29, 0.717) is 27.8 Å². The summed E-state index contributed by atoms with van der Waals surface area (Å²) in [6.45, 7) is 4.92. The molecule has 152 valence electrons. The zero-order valence-corrected chi connectivity index (χ0v) is 18.0. The van der Waals surface area contributed by atoms with E-state index < -0.39 is 17.5 Å². The second-order valence-electron chi connectivity index (χ2n) is 6.36. The Balaban J connectivity index is 2.00. The molecule has 0 aliphatic rings. The maximum Gasteiger partial charge on any atom is 0.374 e. The molecular formula is C20H19BrN2O6. The first-order valence-electron chi connectivity index (χ1n) is 8.84. The van der Waals surface area contributed by atoms with E-state index in [0.717, 1.165) is 9.15 Å². The van der Waals surface area contributed by atoms with Crippen LogP contribution in [0.15, 0.2) is 31.9 Å². The van der Waals surface area contributed by atoms with Crippen molar-refractivity contribution in [3.05, 3.63) is 61.2 Å². The predicted molar refractivity (Wildman–Crippen MR) is 108 cm³/mol. The van der Waals surface area contributed by atoms with Crippen LogP contribution < -0.4 is 5.56 Å². The molecule has 0 aliphatic heterocycles. The minimum absolute atomic E-state index is 0.0386. The fourth-order valence-electron chi connectivity index (χ4n) is 2.92. The van der Waals surface area contributed by atoms with Gasteiger partial charge in [-0.2, -0.15) is 5.10 Å². The number of ether oxygens (including phenoxy) is 2. The molecule has 3 rings (SSSR count). The Morgan fingerprint density at radius 3 is 2.62 bits per heavy atom. The van der Waals surface area contributed by atoms with E-state index in [4.69, 9.17) is 13.9 Å². The van der Waals surface area contributed by atoms with Crippen LogP contribution in [0.5, 0.6) is 0 Å². The second-order valence-corrected chi connectivity index (χ2v) is 7.28. The molecule has 2 aromatic heterocycles. The lowest BCUT2D eigenvalue weighted by molar-refractivity contribution is 0.0432. The topological polar surface area (TPSA) is 101 Å². The highest BCUT2D eigenvalue weighted by atomic mass is 79.9. The van der Waals surface area contributed by atoms with Gasteiger partial charge in [0.1, 0.15) is 17.8 Å². The molecule has 2 heterocycles. The summed E-state index contributed by atoms with van der Waals surface area (Å²) < 4.78 is 17.9. The van der Waals surface area contributed by atoms with Crippen molar-refractivity contribution in [2.24, 2.45) is 7.05 Å². The lowest BCUT2D eigenvalue weighted by atomic mass is 10.1. The van der Waals surface area contributed by atoms with Crippen molar-refractivity contribution in [2.75, 3.05) is 6.61 Å². The van der Waals surface area contributed by atoms with Gasteiger partial charge in [-0.15, -0.1) is 0 Å². The first kappa shape index (κ1) is 20.8. The summed E-state index contributed by atoms with van der Waals surface area (Å²) in [7, 11) is 1.46. The maximum atomic E-state index is 12.7. The number of carbonyl (C=O) groups is 2. The first-order chi connectivity index (χ1) is 13.7. The molecule has 0 fully saturated rings. The Morgan fingerprint density at radius 2 is 1.93 bits per heavy atom. The zero-order chi connectivity index (χ0) is 21.3. The summed E-state index contributed by atoms with van der Waals surface area (Å²) in [5, 5.41) is 4.65. The number of carbonyl (C=O) groups excluding carboxylic acids is 2. The van der Waals surface area contributed by atoms with Crippen LogP contribution in [-0.4, -0.2) is 28.3 Å². The van der Waals surface area contributed by atoms with Crippen molar-refractivity contribution in [1.82, 2.24) is 9.78 Å². The summed E-state index contributed by atoms with van der Waals surface area (Å²) in [5.41, 5.74) is 1.17. The first-order valence-corrected chi connectivity index (χ1v) is 9.63. The van der Waals surface area contributed by atoms with E-state index in [1.165, 1.54) is 7.05 Å². The van der Waals surface area contributed by atoms with Crippen molar-refractivity contribution in [3.8, 4) is 0 Å². The van der Waals surface area contributed by atoms with E-state index in [9.17, 15) is 14.4 Å². The van der Waals surface area contributed by atoms with Crippen LogP contribution in [0.4, 0.5) is 0 Å². The molecule has 0 radical (unpaired) electrons. The summed E-state index contributed by atoms with van der Waals surface area (Å²) in [6.07, 6.45) is 0. The third kappa shape index (κ3) is 3.95. The molecule has 0 bridgehead atoms. The molecular weight excluding hydrogens is 444 g/mol. The minimum atomic E-state index is -0.798. The minimum Gasteiger partial charge on any atom is -0.460 e. The predicted octanol–water partition coefficient (Wildman–Crippen LogP) is 3.44.